The standard InChI is InChI=1S/C28H25F3IN3O3/c1-4-17(3)38-25-22(32)13-18(14-24(25)37-5-2)16-33-35-26(19-9-8-10-20(15-19)28(29,30)31)34-23-12-7-6-11-21(23)27(35)36/h6-17H,4-5H2,1-3H3/t17-/m1/s1. The van der Waals surface area contributed by atoms with E-state index in [0.717, 1.165) is 26.8 Å². The zero-order valence-electron chi connectivity index (χ0n) is 20.9. The molecular weight excluding hydrogens is 610 g/mol. The van der Waals surface area contributed by atoms with Gasteiger partial charge in [-0.2, -0.15) is 22.9 Å². The van der Waals surface area contributed by atoms with Gasteiger partial charge in [0.05, 0.1) is 39.0 Å². The molecule has 198 valence electrons. The second-order valence-corrected chi connectivity index (χ2v) is 9.65. The predicted molar refractivity (Wildman–Crippen MR) is 150 cm³/mol. The van der Waals surface area contributed by atoms with Crippen molar-refractivity contribution in [1.29, 1.82) is 0 Å². The maximum Gasteiger partial charge on any atom is 0.416 e. The van der Waals surface area contributed by atoms with Gasteiger partial charge in [-0.15, -0.1) is 0 Å². The Morgan fingerprint density at radius 1 is 1.11 bits per heavy atom. The Balaban J connectivity index is 1.86. The average molecular weight is 635 g/mol. The summed E-state index contributed by atoms with van der Waals surface area (Å²) in [6, 6.07) is 14.9. The lowest BCUT2D eigenvalue weighted by molar-refractivity contribution is -0.137. The highest BCUT2D eigenvalue weighted by molar-refractivity contribution is 14.1. The summed E-state index contributed by atoms with van der Waals surface area (Å²) in [4.78, 5) is 17.9. The van der Waals surface area contributed by atoms with Crippen LogP contribution in [0, 0.1) is 3.57 Å². The summed E-state index contributed by atoms with van der Waals surface area (Å²) in [6.07, 6.45) is -2.29. The van der Waals surface area contributed by atoms with Crippen LogP contribution in [0.1, 0.15) is 38.3 Å². The van der Waals surface area contributed by atoms with Crippen LogP contribution in [-0.4, -0.2) is 28.6 Å². The van der Waals surface area contributed by atoms with Crippen LogP contribution in [0.5, 0.6) is 11.5 Å². The summed E-state index contributed by atoms with van der Waals surface area (Å²) in [5.41, 5.74) is -0.265. The van der Waals surface area contributed by atoms with E-state index < -0.39 is 17.3 Å². The lowest BCUT2D eigenvalue weighted by atomic mass is 10.1. The Kier molecular flexibility index (Phi) is 8.39. The van der Waals surface area contributed by atoms with Gasteiger partial charge in [0.15, 0.2) is 17.3 Å². The van der Waals surface area contributed by atoms with Crippen molar-refractivity contribution in [2.45, 2.75) is 39.5 Å². The minimum Gasteiger partial charge on any atom is -0.490 e. The topological polar surface area (TPSA) is 65.7 Å². The Hall–Kier alpha value is -3.41. The third-order valence-corrected chi connectivity index (χ3v) is 6.55. The van der Waals surface area contributed by atoms with Crippen molar-refractivity contribution in [2.75, 3.05) is 6.61 Å². The van der Waals surface area contributed by atoms with Gasteiger partial charge in [0.2, 0.25) is 0 Å². The van der Waals surface area contributed by atoms with Crippen LogP contribution >= 0.6 is 22.6 Å². The molecule has 4 aromatic rings. The molecular formula is C28H25F3IN3O3. The highest BCUT2D eigenvalue weighted by atomic mass is 127. The highest BCUT2D eigenvalue weighted by Gasteiger charge is 2.31. The molecule has 0 amide bonds. The van der Waals surface area contributed by atoms with Gasteiger partial charge in [0.1, 0.15) is 0 Å². The van der Waals surface area contributed by atoms with Crippen molar-refractivity contribution < 1.29 is 22.6 Å². The first-order valence-electron chi connectivity index (χ1n) is 12.0. The van der Waals surface area contributed by atoms with Gasteiger partial charge in [0.25, 0.3) is 5.56 Å². The van der Waals surface area contributed by atoms with E-state index in [1.807, 2.05) is 26.8 Å². The predicted octanol–water partition coefficient (Wildman–Crippen LogP) is 7.15. The van der Waals surface area contributed by atoms with Gasteiger partial charge >= 0.3 is 6.18 Å². The molecule has 10 heteroatoms. The lowest BCUT2D eigenvalue weighted by Gasteiger charge is -2.18. The molecule has 38 heavy (non-hydrogen) atoms. The molecule has 1 heterocycles. The Labute approximate surface area is 231 Å². The van der Waals surface area contributed by atoms with Gasteiger partial charge in [-0.05, 0) is 84.8 Å². The molecule has 0 spiro atoms. The van der Waals surface area contributed by atoms with Crippen molar-refractivity contribution in [3.63, 3.8) is 0 Å². The zero-order valence-corrected chi connectivity index (χ0v) is 23.1. The van der Waals surface area contributed by atoms with E-state index >= 15 is 0 Å². The summed E-state index contributed by atoms with van der Waals surface area (Å²) >= 11 is 2.15. The number of benzene rings is 3. The highest BCUT2D eigenvalue weighted by Crippen LogP contribution is 2.35. The normalized spacial score (nSPS) is 12.7. The van der Waals surface area contributed by atoms with Gasteiger partial charge in [-0.1, -0.05) is 31.2 Å². The fourth-order valence-electron chi connectivity index (χ4n) is 3.70. The largest absolute Gasteiger partial charge is 0.490 e. The molecule has 0 saturated heterocycles. The third kappa shape index (κ3) is 6.01. The average Bonchev–Trinajstić information content (AvgIpc) is 2.89. The van der Waals surface area contributed by atoms with Crippen LogP contribution in [0.4, 0.5) is 13.2 Å². The first kappa shape index (κ1) is 27.6. The molecule has 6 nitrogen and oxygen atoms in total. The van der Waals surface area contributed by atoms with E-state index in [1.54, 1.807) is 30.3 Å². The number of halogens is 4. The Morgan fingerprint density at radius 3 is 2.58 bits per heavy atom. The van der Waals surface area contributed by atoms with Crippen LogP contribution < -0.4 is 15.0 Å². The first-order valence-corrected chi connectivity index (χ1v) is 13.1. The number of alkyl halides is 3. The minimum atomic E-state index is -4.55. The summed E-state index contributed by atoms with van der Waals surface area (Å²) in [7, 11) is 0. The number of hydrogen-bond donors (Lipinski definition) is 0. The quantitative estimate of drug-likeness (QED) is 0.153. The molecule has 0 radical (unpaired) electrons. The summed E-state index contributed by atoms with van der Waals surface area (Å²) < 4.78 is 53.9. The maximum atomic E-state index is 13.4. The molecule has 0 aliphatic rings. The number of ether oxygens (including phenoxy) is 2. The van der Waals surface area contributed by atoms with Crippen molar-refractivity contribution in [3.8, 4) is 22.9 Å². The summed E-state index contributed by atoms with van der Waals surface area (Å²) in [5.74, 6) is 1.14. The van der Waals surface area contributed by atoms with Crippen LogP contribution in [0.15, 0.2) is 70.6 Å². The van der Waals surface area contributed by atoms with Crippen molar-refractivity contribution in [2.24, 2.45) is 5.10 Å². The number of aromatic nitrogens is 2. The van der Waals surface area contributed by atoms with E-state index in [1.165, 1.54) is 18.3 Å². The summed E-state index contributed by atoms with van der Waals surface area (Å²) in [6.45, 7) is 6.27. The Bertz CT molecular complexity index is 1550. The van der Waals surface area contributed by atoms with Crippen LogP contribution in [-0.2, 0) is 6.18 Å². The van der Waals surface area contributed by atoms with Gasteiger partial charge in [-0.25, -0.2) is 4.98 Å². The van der Waals surface area contributed by atoms with E-state index in [-0.39, 0.29) is 17.5 Å². The van der Waals surface area contributed by atoms with Crippen LogP contribution in [0.25, 0.3) is 22.3 Å². The van der Waals surface area contributed by atoms with Gasteiger partial charge in [0, 0.05) is 5.56 Å². The number of fused-ring (bicyclic) bond motifs is 1. The van der Waals surface area contributed by atoms with E-state index in [0.29, 0.717) is 34.6 Å². The van der Waals surface area contributed by atoms with Crippen molar-refractivity contribution >= 4 is 39.7 Å². The monoisotopic (exact) mass is 635 g/mol. The summed E-state index contributed by atoms with van der Waals surface area (Å²) in [5, 5.41) is 4.67. The molecule has 1 aromatic heterocycles. The zero-order chi connectivity index (χ0) is 27.4. The minimum absolute atomic E-state index is 0.00694. The molecule has 0 fully saturated rings. The lowest BCUT2D eigenvalue weighted by Crippen LogP contribution is -2.20. The smallest absolute Gasteiger partial charge is 0.416 e. The number of nitrogens with zero attached hydrogens (tertiary/aromatic N) is 3. The number of hydrogen-bond acceptors (Lipinski definition) is 5. The molecule has 1 atom stereocenters. The van der Waals surface area contributed by atoms with Gasteiger partial charge < -0.3 is 9.47 Å². The number of rotatable bonds is 8. The van der Waals surface area contributed by atoms with E-state index in [4.69, 9.17) is 9.47 Å². The molecule has 0 aliphatic heterocycles. The third-order valence-electron chi connectivity index (χ3n) is 5.75. The number of para-hydroxylation sites is 1. The van der Waals surface area contributed by atoms with Crippen LogP contribution in [0.3, 0.4) is 0 Å². The second kappa shape index (κ2) is 11.5. The van der Waals surface area contributed by atoms with Gasteiger partial charge in [-0.3, -0.25) is 4.79 Å². The molecule has 0 bridgehead atoms. The SMILES string of the molecule is CCOc1cc(C=Nn2c(-c3cccc(C(F)(F)F)c3)nc3ccccc3c2=O)cc(I)c1O[C@H](C)CC. The fraction of sp³-hybridized carbons (Fsp3) is 0.250. The molecule has 0 unspecified atom stereocenters. The second-order valence-electron chi connectivity index (χ2n) is 8.49. The van der Waals surface area contributed by atoms with E-state index in [2.05, 4.69) is 32.7 Å². The first-order chi connectivity index (χ1) is 18.1. The Morgan fingerprint density at radius 2 is 1.87 bits per heavy atom. The molecule has 4 rings (SSSR count). The van der Waals surface area contributed by atoms with Crippen molar-refractivity contribution in [3.05, 3.63) is 85.7 Å². The molecule has 0 saturated carbocycles. The van der Waals surface area contributed by atoms with E-state index in [9.17, 15) is 18.0 Å². The molecule has 0 N–H and O–H groups in total. The fourth-order valence-corrected chi connectivity index (χ4v) is 4.45. The molecule has 0 aliphatic carbocycles. The maximum absolute atomic E-state index is 13.4. The molecule has 3 aromatic carbocycles. The van der Waals surface area contributed by atoms with Crippen molar-refractivity contribution in [1.82, 2.24) is 9.66 Å². The van der Waals surface area contributed by atoms with Crippen LogP contribution in [0.2, 0.25) is 0 Å².